The van der Waals surface area contributed by atoms with E-state index in [0.717, 1.165) is 0 Å². The van der Waals surface area contributed by atoms with Crippen molar-refractivity contribution in [3.63, 3.8) is 0 Å². The van der Waals surface area contributed by atoms with E-state index in [0.29, 0.717) is 0 Å². The van der Waals surface area contributed by atoms with E-state index in [2.05, 4.69) is 0 Å². The minimum atomic E-state index is -1.79. The molecule has 0 aliphatic rings. The molecule has 0 rings (SSSR count). The molecule has 0 saturated carbocycles. The molecule has 0 fully saturated rings. The lowest BCUT2D eigenvalue weighted by atomic mass is 10.0. The maximum atomic E-state index is 9.90. The molecule has 23 heteroatoms. The van der Waals surface area contributed by atoms with Gasteiger partial charge in [-0.3, -0.25) is 0 Å². The first-order chi connectivity index (χ1) is 21.2. The first-order valence-corrected chi connectivity index (χ1v) is 12.9. The molecule has 0 bridgehead atoms. The van der Waals surface area contributed by atoms with Crippen LogP contribution in [-0.2, 0) is 14.4 Å². The lowest BCUT2D eigenvalue weighted by Gasteiger charge is -2.24. The molecule has 20 N–H and O–H groups in total. The highest BCUT2D eigenvalue weighted by molar-refractivity contribution is 5.57. The van der Waals surface area contributed by atoms with Crippen LogP contribution in [0.2, 0.25) is 0 Å². The van der Waals surface area contributed by atoms with Crippen LogP contribution in [0.1, 0.15) is 0 Å². The highest BCUT2D eigenvalue weighted by Crippen LogP contribution is 2.05. The zero-order chi connectivity index (χ0) is 37.3. The molecule has 0 saturated heterocycles. The molecule has 0 unspecified atom stereocenters. The number of aliphatic hydroxyl groups excluding tert-OH is 20. The van der Waals surface area contributed by atoms with E-state index < -0.39 is 125 Å². The van der Waals surface area contributed by atoms with Crippen molar-refractivity contribution >= 4 is 18.9 Å². The van der Waals surface area contributed by atoms with Crippen LogP contribution >= 0.6 is 0 Å². The van der Waals surface area contributed by atoms with Gasteiger partial charge in [-0.1, -0.05) is 0 Å². The summed E-state index contributed by atoms with van der Waals surface area (Å²) in [5.74, 6) is 0. The molecule has 0 aromatic heterocycles. The normalized spacial score (nSPS) is 20.9. The zero-order valence-electron chi connectivity index (χ0n) is 24.1. The molecule has 23 nitrogen and oxygen atoms in total. The van der Waals surface area contributed by atoms with Crippen molar-refractivity contribution in [1.29, 1.82) is 0 Å². The van der Waals surface area contributed by atoms with E-state index >= 15 is 0 Å². The maximum absolute atomic E-state index is 9.90. The molecule has 0 spiro atoms. The van der Waals surface area contributed by atoms with Crippen molar-refractivity contribution in [2.24, 2.45) is 0 Å². The Morgan fingerprint density at radius 1 is 0.283 bits per heavy atom. The Hall–Kier alpha value is -1.79. The molecule has 0 amide bonds. The first kappa shape index (κ1) is 51.1. The van der Waals surface area contributed by atoms with Crippen LogP contribution in [-0.4, -0.2) is 246 Å². The van der Waals surface area contributed by atoms with E-state index in [4.69, 9.17) is 102 Å². The van der Waals surface area contributed by atoms with E-state index in [1.165, 1.54) is 0 Å². The fraction of sp³-hybridized carbons (Fsp3) is 0.870. The van der Waals surface area contributed by atoms with Crippen LogP contribution in [0.25, 0.3) is 0 Å². The molecule has 15 atom stereocenters. The van der Waals surface area contributed by atoms with E-state index in [1.54, 1.807) is 0 Å². The Morgan fingerprint density at radius 3 is 0.609 bits per heavy atom. The monoisotopic (exact) mass is 692 g/mol. The zero-order valence-corrected chi connectivity index (χ0v) is 24.1. The largest absolute Gasteiger partial charge is 0.394 e. The number of hydrogen-bond acceptors (Lipinski definition) is 23. The van der Waals surface area contributed by atoms with Gasteiger partial charge in [-0.2, -0.15) is 0 Å². The maximum Gasteiger partial charge on any atom is 0.151 e. The third-order valence-electron chi connectivity index (χ3n) is 5.42. The predicted octanol–water partition coefficient (Wildman–Crippen LogP) is -13.1. The number of rotatable bonds is 19. The summed E-state index contributed by atoms with van der Waals surface area (Å²) in [6.45, 7) is -3.66. The summed E-state index contributed by atoms with van der Waals surface area (Å²) in [4.78, 5) is 29.6. The second kappa shape index (κ2) is 29.4. The van der Waals surface area contributed by atoms with Gasteiger partial charge in [-0.05, 0) is 0 Å². The number of aliphatic hydroxyl groups is 20. The molecule has 0 aromatic rings. The second-order valence-corrected chi connectivity index (χ2v) is 9.06. The second-order valence-electron chi connectivity index (χ2n) is 9.06. The fourth-order valence-electron chi connectivity index (χ4n) is 2.32. The van der Waals surface area contributed by atoms with Gasteiger partial charge in [0.25, 0.3) is 0 Å². The third kappa shape index (κ3) is 21.2. The fourth-order valence-corrected chi connectivity index (χ4v) is 2.32. The summed E-state index contributed by atoms with van der Waals surface area (Å²) in [5, 5.41) is 173. The molecule has 0 heterocycles. The number of carbonyl (C=O) groups excluding carboxylic acids is 3. The number of hydrogen-bond donors (Lipinski definition) is 20. The molecule has 0 aliphatic heterocycles. The van der Waals surface area contributed by atoms with Gasteiger partial charge < -0.3 is 117 Å². The van der Waals surface area contributed by atoms with Crippen LogP contribution in [0.4, 0.5) is 0 Å². The Bertz CT molecular complexity index is 688. The molecule has 0 radical (unpaired) electrons. The van der Waals surface area contributed by atoms with Gasteiger partial charge in [0.2, 0.25) is 0 Å². The topological polar surface area (TPSA) is 456 Å². The first-order valence-electron chi connectivity index (χ1n) is 12.9. The average Bonchev–Trinajstić information content (AvgIpc) is 3.09. The summed E-state index contributed by atoms with van der Waals surface area (Å²) >= 11 is 0. The Kier molecular flexibility index (Phi) is 32.6. The summed E-state index contributed by atoms with van der Waals surface area (Å²) in [7, 11) is 0. The van der Waals surface area contributed by atoms with Crippen LogP contribution in [0.5, 0.6) is 0 Å². The quantitative estimate of drug-likeness (QED) is 0.0558. The van der Waals surface area contributed by atoms with Crippen molar-refractivity contribution in [1.82, 2.24) is 0 Å². The SMILES string of the molecule is O=C[C@@H](O)[C@@H](O)[C@H](O)[C@H](O)CO.O=C[C@@H](O)[C@H](O)[C@H](O)CO.O=C[C@H](O)[C@@H](O)[C@H](O)[C@H](O)CO.OC[C@@H](O)[C@@H](O)[C@H](O)[C@H](O)CO. The predicted molar refractivity (Wildman–Crippen MR) is 144 cm³/mol. The van der Waals surface area contributed by atoms with E-state index in [1.807, 2.05) is 0 Å². The van der Waals surface area contributed by atoms with Crippen molar-refractivity contribution in [2.45, 2.75) is 91.6 Å². The third-order valence-corrected chi connectivity index (χ3v) is 5.42. The molecular weight excluding hydrogens is 644 g/mol. The van der Waals surface area contributed by atoms with Crippen LogP contribution in [0.3, 0.4) is 0 Å². The van der Waals surface area contributed by atoms with Crippen molar-refractivity contribution < 1.29 is 117 Å². The summed E-state index contributed by atoms with van der Waals surface area (Å²) in [5.41, 5.74) is 0. The van der Waals surface area contributed by atoms with Crippen molar-refractivity contribution in [2.75, 3.05) is 33.0 Å². The van der Waals surface area contributed by atoms with Crippen molar-refractivity contribution in [3.8, 4) is 0 Å². The van der Waals surface area contributed by atoms with Gasteiger partial charge in [-0.25, -0.2) is 0 Å². The minimum Gasteiger partial charge on any atom is -0.394 e. The van der Waals surface area contributed by atoms with Gasteiger partial charge in [0.1, 0.15) is 91.6 Å². The van der Waals surface area contributed by atoms with Crippen LogP contribution in [0, 0.1) is 0 Å². The summed E-state index contributed by atoms with van der Waals surface area (Å²) < 4.78 is 0. The number of carbonyl (C=O) groups is 3. The lowest BCUT2D eigenvalue weighted by Crippen LogP contribution is -2.46. The Labute approximate surface area is 260 Å². The standard InChI is InChI=1S/C6H14O6.2C6H12O6.C5H10O5/c3*7-1-3(9)5(11)6(12)4(10)2-8;6-1-3(8)5(10)4(9)2-7/h3-12H,1-2H2;2*1,3-6,8-12H,2H2;1,3-5,7-10H,2H2/t3-,4-,5-,6-;3-,4+,5+,6+;3-,4-,5-,6-;3-,4-,5+/m1011/s1. The molecular formula is C23H48O23. The molecule has 46 heavy (non-hydrogen) atoms. The van der Waals surface area contributed by atoms with Gasteiger partial charge in [-0.15, -0.1) is 0 Å². The summed E-state index contributed by atoms with van der Waals surface area (Å²) in [6, 6.07) is 0. The minimum absolute atomic E-state index is 0.0258. The van der Waals surface area contributed by atoms with Gasteiger partial charge in [0.05, 0.1) is 33.0 Å². The smallest absolute Gasteiger partial charge is 0.151 e. The highest BCUT2D eigenvalue weighted by Gasteiger charge is 2.31. The molecule has 0 aliphatic carbocycles. The molecule has 278 valence electrons. The van der Waals surface area contributed by atoms with Gasteiger partial charge in [0.15, 0.2) is 18.9 Å². The van der Waals surface area contributed by atoms with E-state index in [9.17, 15) is 14.4 Å². The van der Waals surface area contributed by atoms with Gasteiger partial charge >= 0.3 is 0 Å². The van der Waals surface area contributed by atoms with Crippen molar-refractivity contribution in [3.05, 3.63) is 0 Å². The average molecular weight is 693 g/mol. The Morgan fingerprint density at radius 2 is 0.435 bits per heavy atom. The summed E-state index contributed by atoms with van der Waals surface area (Å²) in [6.07, 6.45) is -24.7. The molecule has 0 aromatic carbocycles. The Balaban J connectivity index is -0.000000256. The number of aldehydes is 3. The van der Waals surface area contributed by atoms with Crippen LogP contribution in [0.15, 0.2) is 0 Å². The van der Waals surface area contributed by atoms with Gasteiger partial charge in [0, 0.05) is 0 Å². The lowest BCUT2D eigenvalue weighted by molar-refractivity contribution is -0.136. The highest BCUT2D eigenvalue weighted by atomic mass is 16.4. The van der Waals surface area contributed by atoms with Crippen LogP contribution < -0.4 is 0 Å². The van der Waals surface area contributed by atoms with E-state index in [-0.39, 0.29) is 18.9 Å².